The molecule has 1 aliphatic rings. The Kier molecular flexibility index (Phi) is 3.88. The molecule has 1 aromatic heterocycles. The molecule has 0 radical (unpaired) electrons. The Morgan fingerprint density at radius 1 is 1.20 bits per heavy atom. The zero-order valence-corrected chi connectivity index (χ0v) is 12.2. The summed E-state index contributed by atoms with van der Waals surface area (Å²) in [6.45, 7) is 4.28. The third-order valence-electron chi connectivity index (χ3n) is 4.21. The second-order valence-corrected chi connectivity index (χ2v) is 5.94. The van der Waals surface area contributed by atoms with Crippen molar-refractivity contribution >= 4 is 0 Å². The van der Waals surface area contributed by atoms with Crippen LogP contribution in [0.15, 0.2) is 42.6 Å². The van der Waals surface area contributed by atoms with Crippen molar-refractivity contribution in [2.75, 3.05) is 6.54 Å². The minimum Gasteiger partial charge on any atom is -0.311 e. The number of hydrogen-bond donors (Lipinski definition) is 1. The molecule has 0 unspecified atom stereocenters. The molecule has 0 atom stereocenters. The number of nitrogens with one attached hydrogen (secondary N) is 1. The van der Waals surface area contributed by atoms with Gasteiger partial charge in [-0.15, -0.1) is 0 Å². The van der Waals surface area contributed by atoms with Gasteiger partial charge < -0.3 is 5.32 Å². The first kappa shape index (κ1) is 13.4. The standard InChI is InChI=1S/C17H23N3/c1-2-9-17(10-11-17)14-18-13-15-8-12-20(19-15)16-6-4-3-5-7-16/h3-8,12,18H,2,9-11,13-14H2,1H3. The molecule has 1 fully saturated rings. The predicted molar refractivity (Wildman–Crippen MR) is 81.8 cm³/mol. The molecule has 1 saturated carbocycles. The maximum atomic E-state index is 4.62. The van der Waals surface area contributed by atoms with E-state index in [9.17, 15) is 0 Å². The van der Waals surface area contributed by atoms with Gasteiger partial charge >= 0.3 is 0 Å². The third-order valence-corrected chi connectivity index (χ3v) is 4.21. The van der Waals surface area contributed by atoms with Gasteiger partial charge in [-0.1, -0.05) is 31.5 Å². The fourth-order valence-corrected chi connectivity index (χ4v) is 2.86. The lowest BCUT2D eigenvalue weighted by atomic mass is 10.0. The van der Waals surface area contributed by atoms with Crippen molar-refractivity contribution in [3.8, 4) is 5.69 Å². The van der Waals surface area contributed by atoms with Gasteiger partial charge in [0.15, 0.2) is 0 Å². The van der Waals surface area contributed by atoms with Crippen LogP contribution in [0.5, 0.6) is 0 Å². The number of nitrogens with zero attached hydrogens (tertiary/aromatic N) is 2. The molecule has 106 valence electrons. The van der Waals surface area contributed by atoms with Crippen molar-refractivity contribution in [1.29, 1.82) is 0 Å². The van der Waals surface area contributed by atoms with Crippen LogP contribution in [0, 0.1) is 5.41 Å². The molecule has 1 aliphatic carbocycles. The summed E-state index contributed by atoms with van der Waals surface area (Å²) in [7, 11) is 0. The van der Waals surface area contributed by atoms with E-state index in [0.29, 0.717) is 5.41 Å². The van der Waals surface area contributed by atoms with Crippen molar-refractivity contribution in [3.63, 3.8) is 0 Å². The molecule has 20 heavy (non-hydrogen) atoms. The van der Waals surface area contributed by atoms with E-state index in [4.69, 9.17) is 0 Å². The average Bonchev–Trinajstić information content (AvgIpc) is 3.07. The van der Waals surface area contributed by atoms with Crippen LogP contribution in [0.2, 0.25) is 0 Å². The van der Waals surface area contributed by atoms with Crippen LogP contribution < -0.4 is 5.32 Å². The van der Waals surface area contributed by atoms with Crippen LogP contribution in [0.1, 0.15) is 38.3 Å². The van der Waals surface area contributed by atoms with Crippen LogP contribution in [0.25, 0.3) is 5.69 Å². The summed E-state index contributed by atoms with van der Waals surface area (Å²) in [6.07, 6.45) is 7.48. The van der Waals surface area contributed by atoms with Gasteiger partial charge in [0, 0.05) is 19.3 Å². The van der Waals surface area contributed by atoms with Crippen molar-refractivity contribution in [3.05, 3.63) is 48.3 Å². The maximum Gasteiger partial charge on any atom is 0.0766 e. The highest BCUT2D eigenvalue weighted by Crippen LogP contribution is 2.48. The zero-order valence-electron chi connectivity index (χ0n) is 12.2. The van der Waals surface area contributed by atoms with E-state index >= 15 is 0 Å². The minimum absolute atomic E-state index is 0.608. The number of rotatable bonds is 7. The molecular formula is C17H23N3. The number of benzene rings is 1. The average molecular weight is 269 g/mol. The van der Waals surface area contributed by atoms with E-state index in [-0.39, 0.29) is 0 Å². The molecule has 1 heterocycles. The van der Waals surface area contributed by atoms with Crippen molar-refractivity contribution in [2.24, 2.45) is 5.41 Å². The molecule has 0 saturated heterocycles. The second kappa shape index (κ2) is 5.80. The van der Waals surface area contributed by atoms with E-state index in [0.717, 1.165) is 24.5 Å². The largest absolute Gasteiger partial charge is 0.311 e. The summed E-state index contributed by atoms with van der Waals surface area (Å²) in [5.74, 6) is 0. The van der Waals surface area contributed by atoms with Crippen LogP contribution in [0.3, 0.4) is 0 Å². The second-order valence-electron chi connectivity index (χ2n) is 5.94. The Morgan fingerprint density at radius 3 is 2.70 bits per heavy atom. The third kappa shape index (κ3) is 3.10. The summed E-state index contributed by atoms with van der Waals surface area (Å²) < 4.78 is 1.94. The van der Waals surface area contributed by atoms with E-state index < -0.39 is 0 Å². The van der Waals surface area contributed by atoms with Crippen molar-refractivity contribution < 1.29 is 0 Å². The Labute approximate surface area is 121 Å². The smallest absolute Gasteiger partial charge is 0.0766 e. The fourth-order valence-electron chi connectivity index (χ4n) is 2.86. The summed E-state index contributed by atoms with van der Waals surface area (Å²) in [6, 6.07) is 12.3. The lowest BCUT2D eigenvalue weighted by Crippen LogP contribution is -2.23. The normalized spacial score (nSPS) is 16.2. The topological polar surface area (TPSA) is 29.9 Å². The van der Waals surface area contributed by atoms with Crippen molar-refractivity contribution in [2.45, 2.75) is 39.2 Å². The Balaban J connectivity index is 1.53. The highest BCUT2D eigenvalue weighted by molar-refractivity contribution is 5.30. The molecule has 0 bridgehead atoms. The Morgan fingerprint density at radius 2 is 2.00 bits per heavy atom. The van der Waals surface area contributed by atoms with Gasteiger partial charge in [-0.3, -0.25) is 0 Å². The van der Waals surface area contributed by atoms with Crippen LogP contribution >= 0.6 is 0 Å². The van der Waals surface area contributed by atoms with Gasteiger partial charge in [-0.2, -0.15) is 5.10 Å². The SMILES string of the molecule is CCCC1(CNCc2ccn(-c3ccccc3)n2)CC1. The quantitative estimate of drug-likeness (QED) is 0.833. The minimum atomic E-state index is 0.608. The molecule has 1 N–H and O–H groups in total. The van der Waals surface area contributed by atoms with Gasteiger partial charge in [-0.05, 0) is 42.9 Å². The van der Waals surface area contributed by atoms with Crippen LogP contribution in [-0.4, -0.2) is 16.3 Å². The van der Waals surface area contributed by atoms with E-state index in [1.54, 1.807) is 0 Å². The van der Waals surface area contributed by atoms with E-state index in [1.165, 1.54) is 25.7 Å². The first-order chi connectivity index (χ1) is 9.81. The number of para-hydroxylation sites is 1. The highest BCUT2D eigenvalue weighted by atomic mass is 15.3. The lowest BCUT2D eigenvalue weighted by molar-refractivity contribution is 0.419. The molecule has 3 heteroatoms. The highest BCUT2D eigenvalue weighted by Gasteiger charge is 2.40. The van der Waals surface area contributed by atoms with Crippen molar-refractivity contribution in [1.82, 2.24) is 15.1 Å². The summed E-state index contributed by atoms with van der Waals surface area (Å²) in [5, 5.41) is 8.20. The Bertz CT molecular complexity index is 540. The van der Waals surface area contributed by atoms with Gasteiger partial charge in [0.1, 0.15) is 0 Å². The molecule has 0 aliphatic heterocycles. The van der Waals surface area contributed by atoms with Gasteiger partial charge in [0.25, 0.3) is 0 Å². The number of aromatic nitrogens is 2. The monoisotopic (exact) mass is 269 g/mol. The fraction of sp³-hybridized carbons (Fsp3) is 0.471. The molecule has 0 amide bonds. The summed E-state index contributed by atoms with van der Waals surface area (Å²) in [4.78, 5) is 0. The van der Waals surface area contributed by atoms with E-state index in [2.05, 4.69) is 35.5 Å². The van der Waals surface area contributed by atoms with Gasteiger partial charge in [-0.25, -0.2) is 4.68 Å². The van der Waals surface area contributed by atoms with Crippen LogP contribution in [-0.2, 0) is 6.54 Å². The van der Waals surface area contributed by atoms with Gasteiger partial charge in [0.05, 0.1) is 11.4 Å². The molecule has 2 aromatic rings. The van der Waals surface area contributed by atoms with Crippen LogP contribution in [0.4, 0.5) is 0 Å². The zero-order chi connectivity index (χ0) is 13.8. The molecule has 1 aromatic carbocycles. The summed E-state index contributed by atoms with van der Waals surface area (Å²) in [5.41, 5.74) is 2.83. The first-order valence-corrected chi connectivity index (χ1v) is 7.62. The van der Waals surface area contributed by atoms with E-state index in [1.807, 2.05) is 29.1 Å². The molecular weight excluding hydrogens is 246 g/mol. The molecule has 3 nitrogen and oxygen atoms in total. The number of hydrogen-bond acceptors (Lipinski definition) is 2. The first-order valence-electron chi connectivity index (χ1n) is 7.62. The lowest BCUT2D eigenvalue weighted by Gasteiger charge is -2.14. The molecule has 0 spiro atoms. The summed E-state index contributed by atoms with van der Waals surface area (Å²) >= 11 is 0. The predicted octanol–water partition coefficient (Wildman–Crippen LogP) is 3.54. The Hall–Kier alpha value is -1.61. The molecule has 3 rings (SSSR count). The van der Waals surface area contributed by atoms with Gasteiger partial charge in [0.2, 0.25) is 0 Å². The maximum absolute atomic E-state index is 4.62.